The summed E-state index contributed by atoms with van der Waals surface area (Å²) < 4.78 is 16.1. The van der Waals surface area contributed by atoms with Gasteiger partial charge >= 0.3 is 0 Å². The summed E-state index contributed by atoms with van der Waals surface area (Å²) in [6.45, 7) is 0.662. The van der Waals surface area contributed by atoms with E-state index in [0.29, 0.717) is 29.9 Å². The average molecular weight is 275 g/mol. The first-order valence-electron chi connectivity index (χ1n) is 6.62. The van der Waals surface area contributed by atoms with Crippen LogP contribution in [0.3, 0.4) is 0 Å². The summed E-state index contributed by atoms with van der Waals surface area (Å²) in [7, 11) is 1.61. The maximum Gasteiger partial charge on any atom is 0.229 e. The van der Waals surface area contributed by atoms with Crippen molar-refractivity contribution >= 4 is 0 Å². The van der Waals surface area contributed by atoms with Crippen molar-refractivity contribution in [3.63, 3.8) is 0 Å². The molecule has 106 valence electrons. The van der Waals surface area contributed by atoms with E-state index in [9.17, 15) is 0 Å². The van der Waals surface area contributed by atoms with Gasteiger partial charge in [-0.1, -0.05) is 11.2 Å². The second kappa shape index (κ2) is 5.50. The molecule has 2 N–H and O–H groups in total. The largest absolute Gasteiger partial charge is 0.497 e. The fourth-order valence-corrected chi connectivity index (χ4v) is 1.93. The third-order valence-electron chi connectivity index (χ3n) is 3.26. The number of aromatic nitrogens is 2. The molecule has 0 aliphatic heterocycles. The SMILES string of the molecule is COc1ccc(CN)c(OCc2noc(C3CC3)n2)c1. The Bertz CT molecular complexity index is 593. The Hall–Kier alpha value is -2.08. The van der Waals surface area contributed by atoms with Crippen molar-refractivity contribution in [3.05, 3.63) is 35.5 Å². The molecule has 3 rings (SSSR count). The smallest absolute Gasteiger partial charge is 0.229 e. The Morgan fingerprint density at radius 1 is 1.40 bits per heavy atom. The van der Waals surface area contributed by atoms with Gasteiger partial charge in [-0.2, -0.15) is 4.98 Å². The van der Waals surface area contributed by atoms with Crippen molar-refractivity contribution in [1.82, 2.24) is 10.1 Å². The average Bonchev–Trinajstić information content (AvgIpc) is 3.24. The Morgan fingerprint density at radius 2 is 2.25 bits per heavy atom. The zero-order valence-corrected chi connectivity index (χ0v) is 11.3. The van der Waals surface area contributed by atoms with E-state index in [1.807, 2.05) is 18.2 Å². The van der Waals surface area contributed by atoms with Crippen molar-refractivity contribution in [3.8, 4) is 11.5 Å². The van der Waals surface area contributed by atoms with E-state index in [4.69, 9.17) is 19.7 Å². The third kappa shape index (κ3) is 2.75. The van der Waals surface area contributed by atoms with E-state index in [-0.39, 0.29) is 6.61 Å². The maximum absolute atomic E-state index is 5.73. The van der Waals surface area contributed by atoms with Gasteiger partial charge in [0.05, 0.1) is 7.11 Å². The first-order chi connectivity index (χ1) is 9.80. The van der Waals surface area contributed by atoms with Gasteiger partial charge in [-0.05, 0) is 18.9 Å². The molecule has 6 nitrogen and oxygen atoms in total. The molecule has 1 heterocycles. The lowest BCUT2D eigenvalue weighted by atomic mass is 10.2. The van der Waals surface area contributed by atoms with Crippen LogP contribution in [0.15, 0.2) is 22.7 Å². The van der Waals surface area contributed by atoms with Crippen molar-refractivity contribution in [2.45, 2.75) is 31.9 Å². The van der Waals surface area contributed by atoms with Crippen molar-refractivity contribution in [1.29, 1.82) is 0 Å². The minimum atomic E-state index is 0.260. The molecule has 0 spiro atoms. The summed E-state index contributed by atoms with van der Waals surface area (Å²) in [6, 6.07) is 5.55. The zero-order chi connectivity index (χ0) is 13.9. The number of nitrogens with zero attached hydrogens (tertiary/aromatic N) is 2. The summed E-state index contributed by atoms with van der Waals surface area (Å²) in [6.07, 6.45) is 2.27. The number of ether oxygens (including phenoxy) is 2. The van der Waals surface area contributed by atoms with Gasteiger partial charge in [0.2, 0.25) is 11.7 Å². The molecule has 1 aliphatic rings. The minimum Gasteiger partial charge on any atom is -0.497 e. The van der Waals surface area contributed by atoms with Crippen LogP contribution >= 0.6 is 0 Å². The van der Waals surface area contributed by atoms with Crippen LogP contribution in [0.1, 0.15) is 36.0 Å². The van der Waals surface area contributed by atoms with Gasteiger partial charge in [0.25, 0.3) is 0 Å². The highest BCUT2D eigenvalue weighted by molar-refractivity contribution is 5.40. The van der Waals surface area contributed by atoms with E-state index in [0.717, 1.165) is 24.2 Å². The van der Waals surface area contributed by atoms with Crippen molar-refractivity contribution < 1.29 is 14.0 Å². The summed E-state index contributed by atoms with van der Waals surface area (Å²) in [4.78, 5) is 4.32. The van der Waals surface area contributed by atoms with E-state index in [1.54, 1.807) is 7.11 Å². The predicted molar refractivity (Wildman–Crippen MR) is 71.5 cm³/mol. The van der Waals surface area contributed by atoms with Gasteiger partial charge in [0.1, 0.15) is 11.5 Å². The Balaban J connectivity index is 1.69. The molecule has 2 aromatic rings. The van der Waals surface area contributed by atoms with Crippen LogP contribution in [0.4, 0.5) is 0 Å². The van der Waals surface area contributed by atoms with Gasteiger partial charge in [-0.3, -0.25) is 0 Å². The van der Waals surface area contributed by atoms with Crippen LogP contribution in [0, 0.1) is 0 Å². The highest BCUT2D eigenvalue weighted by Crippen LogP contribution is 2.38. The Morgan fingerprint density at radius 3 is 2.95 bits per heavy atom. The van der Waals surface area contributed by atoms with Gasteiger partial charge < -0.3 is 19.7 Å². The summed E-state index contributed by atoms with van der Waals surface area (Å²) in [5.41, 5.74) is 6.61. The molecule has 0 radical (unpaired) electrons. The van der Waals surface area contributed by atoms with Crippen LogP contribution in [0.5, 0.6) is 11.5 Å². The van der Waals surface area contributed by atoms with Crippen LogP contribution < -0.4 is 15.2 Å². The molecule has 0 bridgehead atoms. The second-order valence-corrected chi connectivity index (χ2v) is 4.79. The fourth-order valence-electron chi connectivity index (χ4n) is 1.93. The molecule has 20 heavy (non-hydrogen) atoms. The molecule has 0 atom stereocenters. The fraction of sp³-hybridized carbons (Fsp3) is 0.429. The summed E-state index contributed by atoms with van der Waals surface area (Å²) >= 11 is 0. The number of methoxy groups -OCH3 is 1. The number of hydrogen-bond acceptors (Lipinski definition) is 6. The van der Waals surface area contributed by atoms with Crippen LogP contribution in [0.2, 0.25) is 0 Å². The first-order valence-corrected chi connectivity index (χ1v) is 6.62. The van der Waals surface area contributed by atoms with Crippen molar-refractivity contribution in [2.24, 2.45) is 5.73 Å². The lowest BCUT2D eigenvalue weighted by Crippen LogP contribution is -2.04. The van der Waals surface area contributed by atoms with Crippen LogP contribution in [0.25, 0.3) is 0 Å². The first kappa shape index (κ1) is 12.9. The van der Waals surface area contributed by atoms with Gasteiger partial charge in [0, 0.05) is 24.1 Å². The number of nitrogens with two attached hydrogens (primary N) is 1. The van der Waals surface area contributed by atoms with Crippen LogP contribution in [-0.4, -0.2) is 17.3 Å². The highest BCUT2D eigenvalue weighted by atomic mass is 16.5. The van der Waals surface area contributed by atoms with Crippen molar-refractivity contribution in [2.75, 3.05) is 7.11 Å². The van der Waals surface area contributed by atoms with E-state index >= 15 is 0 Å². The Labute approximate surface area is 116 Å². The number of rotatable bonds is 6. The van der Waals surface area contributed by atoms with Gasteiger partial charge in [-0.15, -0.1) is 0 Å². The molecule has 0 unspecified atom stereocenters. The quantitative estimate of drug-likeness (QED) is 0.868. The molecule has 6 heteroatoms. The number of benzene rings is 1. The minimum absolute atomic E-state index is 0.260. The van der Waals surface area contributed by atoms with Gasteiger partial charge in [0.15, 0.2) is 6.61 Å². The van der Waals surface area contributed by atoms with E-state index < -0.39 is 0 Å². The van der Waals surface area contributed by atoms with Crippen LogP contribution in [-0.2, 0) is 13.2 Å². The molecular formula is C14H17N3O3. The maximum atomic E-state index is 5.73. The molecule has 1 aliphatic carbocycles. The lowest BCUT2D eigenvalue weighted by Gasteiger charge is -2.10. The Kier molecular flexibility index (Phi) is 3.56. The number of hydrogen-bond donors (Lipinski definition) is 1. The highest BCUT2D eigenvalue weighted by Gasteiger charge is 2.29. The molecule has 0 amide bonds. The summed E-state index contributed by atoms with van der Waals surface area (Å²) in [5.74, 6) is 3.13. The van der Waals surface area contributed by atoms with Gasteiger partial charge in [-0.25, -0.2) is 0 Å². The lowest BCUT2D eigenvalue weighted by molar-refractivity contribution is 0.281. The standard InChI is InChI=1S/C14H17N3O3/c1-18-11-5-4-10(7-15)12(6-11)19-8-13-16-14(20-17-13)9-2-3-9/h4-6,9H,2-3,7-8,15H2,1H3. The van der Waals surface area contributed by atoms with E-state index in [1.165, 1.54) is 0 Å². The molecule has 0 saturated heterocycles. The topological polar surface area (TPSA) is 83.4 Å². The third-order valence-corrected chi connectivity index (χ3v) is 3.26. The molecular weight excluding hydrogens is 258 g/mol. The predicted octanol–water partition coefficient (Wildman–Crippen LogP) is 1.99. The monoisotopic (exact) mass is 275 g/mol. The molecule has 1 aromatic carbocycles. The molecule has 1 saturated carbocycles. The molecule has 1 aromatic heterocycles. The molecule has 1 fully saturated rings. The zero-order valence-electron chi connectivity index (χ0n) is 11.3. The normalized spacial score (nSPS) is 14.3. The second-order valence-electron chi connectivity index (χ2n) is 4.79. The summed E-state index contributed by atoms with van der Waals surface area (Å²) in [5, 5.41) is 3.92. The van der Waals surface area contributed by atoms with E-state index in [2.05, 4.69) is 10.1 Å².